The van der Waals surface area contributed by atoms with E-state index in [0.29, 0.717) is 29.7 Å². The average molecular weight is 284 g/mol. The maximum Gasteiger partial charge on any atom is 0.233 e. The molecule has 0 spiro atoms. The van der Waals surface area contributed by atoms with Gasteiger partial charge in [0, 0.05) is 6.04 Å². The maximum absolute atomic E-state index is 12.6. The summed E-state index contributed by atoms with van der Waals surface area (Å²) in [6.45, 7) is 8.46. The van der Waals surface area contributed by atoms with Crippen LogP contribution < -0.4 is 11.1 Å². The second-order valence-electron chi connectivity index (χ2n) is 6.00. The van der Waals surface area contributed by atoms with E-state index in [9.17, 15) is 4.79 Å². The Hall–Kier alpha value is -0.640. The predicted octanol–water partition coefficient (Wildman–Crippen LogP) is 3.02. The van der Waals surface area contributed by atoms with E-state index in [-0.39, 0.29) is 11.9 Å². The average Bonchev–Trinajstić information content (AvgIpc) is 2.36. The zero-order chi connectivity index (χ0) is 14.6. The number of carbonyl (C=O) groups is 1. The van der Waals surface area contributed by atoms with Crippen LogP contribution in [0.3, 0.4) is 0 Å². The molecule has 0 radical (unpaired) electrons. The van der Waals surface area contributed by atoms with Crippen molar-refractivity contribution in [2.75, 3.05) is 0 Å². The van der Waals surface area contributed by atoms with Gasteiger partial charge in [-0.1, -0.05) is 52.8 Å². The second-order valence-corrected chi connectivity index (χ2v) is 6.44. The third-order valence-corrected chi connectivity index (χ3v) is 5.53. The Morgan fingerprint density at radius 3 is 2.37 bits per heavy atom. The molecule has 1 aliphatic rings. The number of amides is 1. The summed E-state index contributed by atoms with van der Waals surface area (Å²) in [5.74, 6) is 1.22. The first-order valence-electron chi connectivity index (χ1n) is 7.49. The number of hydrogen-bond acceptors (Lipinski definition) is 2. The van der Waals surface area contributed by atoms with Crippen LogP contribution in [0.15, 0.2) is 0 Å². The predicted molar refractivity (Wildman–Crippen MR) is 83.9 cm³/mol. The van der Waals surface area contributed by atoms with E-state index in [1.54, 1.807) is 0 Å². The van der Waals surface area contributed by atoms with Gasteiger partial charge in [-0.3, -0.25) is 4.79 Å². The largest absolute Gasteiger partial charge is 0.392 e. The first-order chi connectivity index (χ1) is 8.89. The van der Waals surface area contributed by atoms with Crippen molar-refractivity contribution < 1.29 is 4.79 Å². The molecule has 0 aromatic carbocycles. The molecular formula is C15H28N2OS. The number of nitrogens with two attached hydrogens (primary N) is 1. The Morgan fingerprint density at radius 2 is 1.89 bits per heavy atom. The molecule has 0 heterocycles. The van der Waals surface area contributed by atoms with Crippen LogP contribution in [0.4, 0.5) is 0 Å². The smallest absolute Gasteiger partial charge is 0.233 e. The quantitative estimate of drug-likeness (QED) is 0.763. The van der Waals surface area contributed by atoms with Crippen LogP contribution in [0.1, 0.15) is 59.8 Å². The highest BCUT2D eigenvalue weighted by atomic mass is 32.1. The van der Waals surface area contributed by atoms with Crippen LogP contribution in [0, 0.1) is 17.3 Å². The SMILES string of the molecule is CCC(CC)(C(=O)NC1CCCC(C)C1C)C(N)=S. The lowest BCUT2D eigenvalue weighted by molar-refractivity contribution is -0.129. The summed E-state index contributed by atoms with van der Waals surface area (Å²) in [4.78, 5) is 12.9. The molecule has 3 unspecified atom stereocenters. The van der Waals surface area contributed by atoms with Crippen molar-refractivity contribution in [2.24, 2.45) is 23.0 Å². The molecule has 3 atom stereocenters. The lowest BCUT2D eigenvalue weighted by Gasteiger charge is -2.38. The lowest BCUT2D eigenvalue weighted by atomic mass is 9.76. The number of hydrogen-bond donors (Lipinski definition) is 2. The third kappa shape index (κ3) is 3.28. The fraction of sp³-hybridized carbons (Fsp3) is 0.867. The van der Waals surface area contributed by atoms with Crippen LogP contribution in [0.5, 0.6) is 0 Å². The topological polar surface area (TPSA) is 55.1 Å². The highest BCUT2D eigenvalue weighted by Gasteiger charge is 2.40. The van der Waals surface area contributed by atoms with Gasteiger partial charge in [-0.2, -0.15) is 0 Å². The number of nitrogens with one attached hydrogen (secondary N) is 1. The van der Waals surface area contributed by atoms with E-state index in [4.69, 9.17) is 18.0 Å². The molecule has 1 aliphatic carbocycles. The van der Waals surface area contributed by atoms with Gasteiger partial charge in [-0.15, -0.1) is 0 Å². The molecule has 0 bridgehead atoms. The van der Waals surface area contributed by atoms with Gasteiger partial charge in [0.2, 0.25) is 5.91 Å². The van der Waals surface area contributed by atoms with Gasteiger partial charge >= 0.3 is 0 Å². The lowest BCUT2D eigenvalue weighted by Crippen LogP contribution is -2.53. The van der Waals surface area contributed by atoms with Crippen LogP contribution in [-0.4, -0.2) is 16.9 Å². The van der Waals surface area contributed by atoms with Crippen molar-refractivity contribution in [3.63, 3.8) is 0 Å². The minimum Gasteiger partial charge on any atom is -0.392 e. The molecule has 3 nitrogen and oxygen atoms in total. The Balaban J connectivity index is 2.79. The Bertz CT molecular complexity index is 339. The van der Waals surface area contributed by atoms with Crippen LogP contribution in [-0.2, 0) is 4.79 Å². The maximum atomic E-state index is 12.6. The molecule has 19 heavy (non-hydrogen) atoms. The highest BCUT2D eigenvalue weighted by molar-refractivity contribution is 7.80. The van der Waals surface area contributed by atoms with Crippen molar-refractivity contribution in [3.8, 4) is 0 Å². The minimum absolute atomic E-state index is 0.0240. The summed E-state index contributed by atoms with van der Waals surface area (Å²) < 4.78 is 0. The summed E-state index contributed by atoms with van der Waals surface area (Å²) in [5.41, 5.74) is 5.16. The van der Waals surface area contributed by atoms with Gasteiger partial charge < -0.3 is 11.1 Å². The zero-order valence-electron chi connectivity index (χ0n) is 12.7. The summed E-state index contributed by atoms with van der Waals surface area (Å²) in [5, 5.41) is 3.22. The van der Waals surface area contributed by atoms with Crippen molar-refractivity contribution in [1.29, 1.82) is 0 Å². The van der Waals surface area contributed by atoms with Crippen molar-refractivity contribution in [2.45, 2.75) is 65.8 Å². The van der Waals surface area contributed by atoms with Gasteiger partial charge in [-0.25, -0.2) is 0 Å². The van der Waals surface area contributed by atoms with E-state index >= 15 is 0 Å². The molecule has 3 N–H and O–H groups in total. The highest BCUT2D eigenvalue weighted by Crippen LogP contribution is 2.32. The second kappa shape index (κ2) is 6.69. The molecule has 1 amide bonds. The zero-order valence-corrected chi connectivity index (χ0v) is 13.5. The van der Waals surface area contributed by atoms with Gasteiger partial charge in [0.15, 0.2) is 0 Å². The van der Waals surface area contributed by atoms with Gasteiger partial charge in [0.05, 0.1) is 10.4 Å². The molecule has 1 rings (SSSR count). The monoisotopic (exact) mass is 284 g/mol. The van der Waals surface area contributed by atoms with E-state index < -0.39 is 5.41 Å². The Morgan fingerprint density at radius 1 is 1.32 bits per heavy atom. The van der Waals surface area contributed by atoms with Gasteiger partial charge in [-0.05, 0) is 31.1 Å². The summed E-state index contributed by atoms with van der Waals surface area (Å²) in [6.07, 6.45) is 4.85. The normalized spacial score (nSPS) is 27.9. The summed E-state index contributed by atoms with van der Waals surface area (Å²) >= 11 is 5.14. The molecule has 0 aliphatic heterocycles. The molecule has 0 aromatic rings. The van der Waals surface area contributed by atoms with Gasteiger partial charge in [0.1, 0.15) is 0 Å². The summed E-state index contributed by atoms with van der Waals surface area (Å²) in [7, 11) is 0. The first-order valence-corrected chi connectivity index (χ1v) is 7.90. The number of rotatable bonds is 5. The van der Waals surface area contributed by atoms with Crippen molar-refractivity contribution >= 4 is 23.1 Å². The first kappa shape index (κ1) is 16.4. The number of thiocarbonyl (C=S) groups is 1. The third-order valence-electron chi connectivity index (χ3n) is 5.14. The van der Waals surface area contributed by atoms with E-state index in [1.165, 1.54) is 12.8 Å². The summed E-state index contributed by atoms with van der Waals surface area (Å²) in [6, 6.07) is 0.267. The Kier molecular flexibility index (Phi) is 5.78. The number of carbonyl (C=O) groups excluding carboxylic acids is 1. The fourth-order valence-electron chi connectivity index (χ4n) is 3.12. The van der Waals surface area contributed by atoms with Crippen molar-refractivity contribution in [3.05, 3.63) is 0 Å². The molecule has 0 saturated heterocycles. The molecule has 1 saturated carbocycles. The standard InChI is InChI=1S/C15H28N2OS/c1-5-15(6-2,13(16)19)14(18)17-12-9-7-8-10(3)11(12)4/h10-12H,5-9H2,1-4H3,(H2,16,19)(H,17,18). The van der Waals surface area contributed by atoms with Crippen LogP contribution >= 0.6 is 12.2 Å². The van der Waals surface area contributed by atoms with E-state index in [2.05, 4.69) is 19.2 Å². The van der Waals surface area contributed by atoms with Crippen LogP contribution in [0.2, 0.25) is 0 Å². The van der Waals surface area contributed by atoms with Gasteiger partial charge in [0.25, 0.3) is 0 Å². The van der Waals surface area contributed by atoms with E-state index in [1.807, 2.05) is 13.8 Å². The van der Waals surface area contributed by atoms with Crippen molar-refractivity contribution in [1.82, 2.24) is 5.32 Å². The molecular weight excluding hydrogens is 256 g/mol. The molecule has 110 valence electrons. The minimum atomic E-state index is -0.671. The molecule has 4 heteroatoms. The fourth-order valence-corrected chi connectivity index (χ4v) is 3.51. The van der Waals surface area contributed by atoms with E-state index in [0.717, 1.165) is 6.42 Å². The molecule has 0 aromatic heterocycles. The Labute approximate surface area is 122 Å². The molecule has 1 fully saturated rings. The van der Waals surface area contributed by atoms with Crippen LogP contribution in [0.25, 0.3) is 0 Å².